The Morgan fingerprint density at radius 2 is 0.851 bits per heavy atom. The van der Waals surface area contributed by atoms with Crippen molar-refractivity contribution in [3.8, 4) is 11.5 Å². The van der Waals surface area contributed by atoms with Gasteiger partial charge in [-0.1, -0.05) is 281 Å². The molecule has 7 N–H and O–H groups in total. The molecule has 11 rings (SSSR count). The van der Waals surface area contributed by atoms with Crippen LogP contribution < -0.4 is 14.8 Å². The first-order valence-corrected chi connectivity index (χ1v) is 45.0. The average Bonchev–Trinajstić information content (AvgIpc) is 1.55. The lowest BCUT2D eigenvalue weighted by Crippen LogP contribution is -2.16. The van der Waals surface area contributed by atoms with Crippen LogP contribution in [0.4, 0.5) is 0 Å². The number of hydrogen-bond acceptors (Lipinski definition) is 17. The number of Topliss-reactive ketones (excluding diaryl/α,β-unsaturated/α-hetero) is 1. The standard InChI is InChI=1S/C16H15Cl2NS.C15H16N2OS.C15H15NS.C11H13Cl2NS.C11H13NO2S.2C10H11Cl2NS/c1-11(19)20-16(9-12-5-3-2-4-6-12)14-8-7-13(17)10-15(14)18;1-16-15(17-2)19-10-14(18)13-8-7-11-5-3-4-6-12(11)9-13;1-12(16)17-15(13-8-4-2-5-9-13)14-10-6-3-7-11-14;1-3-11(15-7(2)14)9-5-4-8(12)6-10(9)13;1-7(15-8(2)12)9-3-4-10-11(5-9)14-6-13-10;1-6(14-7(2)13)9-4-3-8(11)5-10(9)12;1-6(14-7(2)13)8-3-4-9(11)10(12)5-8/h2-8,10,16,19H,9H2,1H3;3-9H,10H2,1-2H3,(H,16,17);2-11,15-16H,1H3;4-6,11,14H,3H2,1-2H3;3-5,7,12H,6H2,1-2H3;2*3-6,13H,1-2H3. The number of benzene rings is 10. The molecule has 0 radical (unpaired) electrons. The Kier molecular flexibility index (Phi) is 45.6. The number of halogens is 8. The molecule has 1 heterocycles. The van der Waals surface area contributed by atoms with Gasteiger partial charge in [0, 0.05) is 76.0 Å². The molecule has 1 aliphatic rings. The number of nitrogens with zero attached hydrogens (tertiary/aromatic N) is 1. The second-order valence-electron chi connectivity index (χ2n) is 25.1. The number of rotatable bonds is 19. The predicted molar refractivity (Wildman–Crippen MR) is 513 cm³/mol. The fourth-order valence-corrected chi connectivity index (χ4v) is 19.0. The van der Waals surface area contributed by atoms with Gasteiger partial charge >= 0.3 is 0 Å². The van der Waals surface area contributed by atoms with Gasteiger partial charge in [-0.25, -0.2) is 0 Å². The predicted octanol–water partition coefficient (Wildman–Crippen LogP) is 31.4. The Bertz CT molecular complexity index is 4810. The second kappa shape index (κ2) is 52.7. The summed E-state index contributed by atoms with van der Waals surface area (Å²) in [5, 5.41) is 61.1. The van der Waals surface area contributed by atoms with Crippen LogP contribution in [-0.2, 0) is 6.42 Å². The van der Waals surface area contributed by atoms with Gasteiger partial charge in [-0.05, 0) is 197 Å². The van der Waals surface area contributed by atoms with Gasteiger partial charge in [-0.2, -0.15) is 0 Å². The minimum atomic E-state index is 0.118. The minimum absolute atomic E-state index is 0.118. The highest BCUT2D eigenvalue weighted by Gasteiger charge is 2.21. The third-order valence-corrected chi connectivity index (χ3v) is 25.8. The van der Waals surface area contributed by atoms with Crippen molar-refractivity contribution in [2.75, 3.05) is 26.6 Å². The molecule has 0 bridgehead atoms. The first-order chi connectivity index (χ1) is 54.3. The van der Waals surface area contributed by atoms with Crippen LogP contribution in [0, 0.1) is 32.5 Å². The molecular formula is C88H94Cl8N8O3S7. The number of carbonyl (C=O) groups excluding carboxylic acids is 1. The number of carbonyl (C=O) groups is 1. The maximum absolute atomic E-state index is 12.1. The zero-order chi connectivity index (χ0) is 84.0. The Labute approximate surface area is 743 Å². The van der Waals surface area contributed by atoms with Crippen LogP contribution in [0.5, 0.6) is 11.5 Å². The molecule has 11 nitrogen and oxygen atoms in total. The molecule has 0 spiro atoms. The van der Waals surface area contributed by atoms with Crippen molar-refractivity contribution in [3.63, 3.8) is 0 Å². The summed E-state index contributed by atoms with van der Waals surface area (Å²) in [7, 11) is 3.51. The van der Waals surface area contributed by atoms with Gasteiger partial charge in [0.2, 0.25) is 6.79 Å². The van der Waals surface area contributed by atoms with Gasteiger partial charge in [0.1, 0.15) is 0 Å². The van der Waals surface area contributed by atoms with E-state index in [1.807, 2.05) is 185 Å². The lowest BCUT2D eigenvalue weighted by Gasteiger charge is -2.18. The molecule has 114 heavy (non-hydrogen) atoms. The van der Waals surface area contributed by atoms with E-state index in [1.54, 1.807) is 84.7 Å². The van der Waals surface area contributed by atoms with Gasteiger partial charge in [0.25, 0.3) is 0 Å². The quantitative estimate of drug-likeness (QED) is 0.0231. The minimum Gasteiger partial charge on any atom is -0.454 e. The SMILES string of the molecule is CC(=N)SC(C)c1ccc(Cl)c(Cl)c1.CC(=N)SC(C)c1ccc(Cl)cc1Cl.CC(=N)SC(C)c1ccc2c(c1)OCO2.CC(=N)SC(Cc1ccccc1)c1ccc(Cl)cc1Cl.CC(=N)SC(c1ccccc1)c1ccccc1.CCC(SC(C)=N)c1ccc(Cl)cc1Cl.CN=C(NC)SCC(=O)c1ccc2ccccc2c1. The molecule has 0 saturated carbocycles. The maximum atomic E-state index is 12.1. The Morgan fingerprint density at radius 1 is 0.421 bits per heavy atom. The number of thioether (sulfide) groups is 7. The van der Waals surface area contributed by atoms with Gasteiger partial charge in [-0.3, -0.25) is 42.2 Å². The van der Waals surface area contributed by atoms with E-state index in [0.717, 1.165) is 73.7 Å². The zero-order valence-corrected chi connectivity index (χ0v) is 77.0. The number of hydrogen-bond donors (Lipinski definition) is 7. The van der Waals surface area contributed by atoms with Gasteiger partial charge < -0.3 is 14.8 Å². The van der Waals surface area contributed by atoms with E-state index in [0.29, 0.717) is 83.0 Å². The lowest BCUT2D eigenvalue weighted by molar-refractivity contribution is 0.102. The Balaban J connectivity index is 0.000000238. The van der Waals surface area contributed by atoms with Crippen LogP contribution in [0.2, 0.25) is 40.2 Å². The number of amidine groups is 1. The summed E-state index contributed by atoms with van der Waals surface area (Å²) in [5.41, 5.74) is 9.83. The van der Waals surface area contributed by atoms with Crippen molar-refractivity contribution in [2.45, 2.75) is 114 Å². The Morgan fingerprint density at radius 3 is 1.32 bits per heavy atom. The fraction of sp³-hybridized carbons (Fsp3) is 0.250. The third-order valence-electron chi connectivity index (χ3n) is 16.0. The smallest absolute Gasteiger partial charge is 0.231 e. The molecule has 602 valence electrons. The summed E-state index contributed by atoms with van der Waals surface area (Å²) in [4.78, 5) is 16.2. The molecule has 0 fully saturated rings. The topological polar surface area (TPSA) is 203 Å². The first kappa shape index (κ1) is 98.6. The normalized spacial score (nSPS) is 12.3. The molecule has 26 heteroatoms. The van der Waals surface area contributed by atoms with Gasteiger partial charge in [-0.15, -0.1) is 58.8 Å². The van der Waals surface area contributed by atoms with E-state index in [-0.39, 0.29) is 37.3 Å². The molecule has 0 aliphatic carbocycles. The number of fused-ring (bicyclic) bond motifs is 2. The summed E-state index contributed by atoms with van der Waals surface area (Å²) in [6, 6.07) is 72.9. The largest absolute Gasteiger partial charge is 0.454 e. The van der Waals surface area contributed by atoms with Crippen LogP contribution in [0.3, 0.4) is 0 Å². The number of ketones is 1. The first-order valence-electron chi connectivity index (χ1n) is 35.7. The van der Waals surface area contributed by atoms with E-state index < -0.39 is 0 Å². The average molecular weight is 1820 g/mol. The second-order valence-corrected chi connectivity index (χ2v) is 38.2. The van der Waals surface area contributed by atoms with Crippen molar-refractivity contribution in [2.24, 2.45) is 4.99 Å². The summed E-state index contributed by atoms with van der Waals surface area (Å²) in [6.07, 6.45) is 1.78. The maximum Gasteiger partial charge on any atom is 0.231 e. The highest BCUT2D eigenvalue weighted by Crippen LogP contribution is 2.42. The summed E-state index contributed by atoms with van der Waals surface area (Å²) >= 11 is 58.3. The zero-order valence-electron chi connectivity index (χ0n) is 65.2. The summed E-state index contributed by atoms with van der Waals surface area (Å²) in [6.45, 7) is 19.3. The van der Waals surface area contributed by atoms with Crippen molar-refractivity contribution in [3.05, 3.63) is 315 Å². The molecule has 5 unspecified atom stereocenters. The summed E-state index contributed by atoms with van der Waals surface area (Å²) in [5.74, 6) is 2.13. The highest BCUT2D eigenvalue weighted by molar-refractivity contribution is 8.15. The Hall–Kier alpha value is -6.01. The van der Waals surface area contributed by atoms with Gasteiger partial charge in [0.15, 0.2) is 22.4 Å². The molecule has 0 amide bonds. The monoisotopic (exact) mass is 1810 g/mol. The van der Waals surface area contributed by atoms with Crippen molar-refractivity contribution < 1.29 is 14.3 Å². The third kappa shape index (κ3) is 36.1. The number of aliphatic imine (C=N–C) groups is 1. The van der Waals surface area contributed by atoms with E-state index in [2.05, 4.69) is 60.6 Å². The van der Waals surface area contributed by atoms with Crippen LogP contribution >= 0.6 is 175 Å². The van der Waals surface area contributed by atoms with Crippen molar-refractivity contribution in [1.29, 1.82) is 32.5 Å². The molecule has 0 saturated heterocycles. The van der Waals surface area contributed by atoms with Crippen LogP contribution in [-0.4, -0.2) is 67.9 Å². The van der Waals surface area contributed by atoms with E-state index in [4.69, 9.17) is 135 Å². The summed E-state index contributed by atoms with van der Waals surface area (Å²) < 4.78 is 10.6. The highest BCUT2D eigenvalue weighted by atomic mass is 35.5. The number of nitrogens with one attached hydrogen (secondary N) is 7. The van der Waals surface area contributed by atoms with Gasteiger partial charge in [0.05, 0.1) is 51.3 Å². The van der Waals surface area contributed by atoms with E-state index in [9.17, 15) is 4.79 Å². The van der Waals surface area contributed by atoms with Crippen LogP contribution in [0.1, 0.15) is 162 Å². The molecule has 10 aromatic carbocycles. The molecule has 0 aromatic heterocycles. The van der Waals surface area contributed by atoms with Crippen LogP contribution in [0.15, 0.2) is 229 Å². The molecule has 1 aliphatic heterocycles. The van der Waals surface area contributed by atoms with E-state index >= 15 is 0 Å². The molecular weight excluding hydrogens is 1730 g/mol. The molecule has 10 aromatic rings. The fourth-order valence-electron chi connectivity index (χ4n) is 10.7. The van der Waals surface area contributed by atoms with Crippen molar-refractivity contribution >= 4 is 227 Å². The number of ether oxygens (including phenoxy) is 2. The van der Waals surface area contributed by atoms with E-state index in [1.165, 1.54) is 87.3 Å². The van der Waals surface area contributed by atoms with Crippen LogP contribution in [0.25, 0.3) is 10.8 Å². The van der Waals surface area contributed by atoms with Crippen molar-refractivity contribution in [1.82, 2.24) is 5.32 Å². The lowest BCUT2D eigenvalue weighted by atomic mass is 10.0. The molecule has 5 atom stereocenters.